The Kier molecular flexibility index (Phi) is 4.98. The molecule has 0 N–H and O–H groups in total. The van der Waals surface area contributed by atoms with Crippen LogP contribution in [0.15, 0.2) is 54.3 Å². The molecule has 0 saturated heterocycles. The Hall–Kier alpha value is -2.49. The van der Waals surface area contributed by atoms with E-state index in [0.29, 0.717) is 29.2 Å². The minimum atomic E-state index is -0.354. The summed E-state index contributed by atoms with van der Waals surface area (Å²) in [5, 5.41) is 0. The van der Waals surface area contributed by atoms with Crippen LogP contribution >= 0.6 is 0 Å². The first-order chi connectivity index (χ1) is 12.0. The summed E-state index contributed by atoms with van der Waals surface area (Å²) >= 11 is 0. The van der Waals surface area contributed by atoms with Crippen molar-refractivity contribution in [2.75, 3.05) is 14.2 Å². The second-order valence-corrected chi connectivity index (χ2v) is 6.78. The van der Waals surface area contributed by atoms with Crippen LogP contribution in [-0.2, 0) is 11.3 Å². The van der Waals surface area contributed by atoms with E-state index in [0.717, 1.165) is 12.1 Å². The van der Waals surface area contributed by atoms with Gasteiger partial charge in [0, 0.05) is 18.0 Å². The van der Waals surface area contributed by atoms with Gasteiger partial charge in [-0.25, -0.2) is 4.79 Å². The van der Waals surface area contributed by atoms with E-state index in [4.69, 9.17) is 9.47 Å². The molecule has 0 aromatic heterocycles. The Balaban J connectivity index is 1.82. The van der Waals surface area contributed by atoms with Gasteiger partial charge in [-0.15, -0.1) is 0 Å². The van der Waals surface area contributed by atoms with Crippen LogP contribution in [0.5, 0.6) is 5.75 Å². The third kappa shape index (κ3) is 3.48. The number of benzene rings is 1. The first-order valence-electron chi connectivity index (χ1n) is 8.62. The average molecular weight is 339 g/mol. The molecule has 0 radical (unpaired) electrons. The van der Waals surface area contributed by atoms with Crippen LogP contribution in [0.3, 0.4) is 0 Å². The zero-order valence-corrected chi connectivity index (χ0v) is 15.2. The van der Waals surface area contributed by atoms with Gasteiger partial charge in [-0.3, -0.25) is 0 Å². The van der Waals surface area contributed by atoms with Crippen molar-refractivity contribution in [3.05, 3.63) is 65.4 Å². The standard InChI is InChI=1S/C21H25NO3/c1-14(2)16-6-5-15-9-10-22(19(15)11-16)13-18-8-7-17(21(23)25-4)12-20(18)24-3/h5-12,14-15,19H,13H2,1-4H3. The first kappa shape index (κ1) is 17.3. The molecule has 0 spiro atoms. The monoisotopic (exact) mass is 339 g/mol. The third-order valence-electron chi connectivity index (χ3n) is 4.88. The highest BCUT2D eigenvalue weighted by molar-refractivity contribution is 5.89. The fourth-order valence-electron chi connectivity index (χ4n) is 3.36. The molecule has 0 fully saturated rings. The van der Waals surface area contributed by atoms with Crippen molar-refractivity contribution < 1.29 is 14.3 Å². The van der Waals surface area contributed by atoms with E-state index in [1.165, 1.54) is 12.7 Å². The molecule has 3 rings (SSSR count). The Bertz CT molecular complexity index is 746. The number of rotatable bonds is 5. The summed E-state index contributed by atoms with van der Waals surface area (Å²) in [6, 6.07) is 5.82. The molecule has 0 amide bonds. The van der Waals surface area contributed by atoms with Crippen LogP contribution in [-0.4, -0.2) is 31.1 Å². The Morgan fingerprint density at radius 3 is 2.72 bits per heavy atom. The summed E-state index contributed by atoms with van der Waals surface area (Å²) in [5.74, 6) is 1.29. The summed E-state index contributed by atoms with van der Waals surface area (Å²) < 4.78 is 10.3. The van der Waals surface area contributed by atoms with Gasteiger partial charge >= 0.3 is 5.97 Å². The Morgan fingerprint density at radius 1 is 1.24 bits per heavy atom. The molecule has 0 bridgehead atoms. The highest BCUT2D eigenvalue weighted by atomic mass is 16.5. The van der Waals surface area contributed by atoms with Gasteiger partial charge in [0.15, 0.2) is 0 Å². The van der Waals surface area contributed by atoms with Crippen molar-refractivity contribution in [3.63, 3.8) is 0 Å². The van der Waals surface area contributed by atoms with Crippen molar-refractivity contribution in [2.45, 2.75) is 26.4 Å². The molecule has 2 atom stereocenters. The second kappa shape index (κ2) is 7.18. The molecule has 2 aliphatic rings. The highest BCUT2D eigenvalue weighted by Crippen LogP contribution is 2.33. The zero-order valence-electron chi connectivity index (χ0n) is 15.2. The van der Waals surface area contributed by atoms with Gasteiger partial charge in [-0.2, -0.15) is 0 Å². The number of esters is 1. The van der Waals surface area contributed by atoms with Crippen molar-refractivity contribution in [2.24, 2.45) is 11.8 Å². The van der Waals surface area contributed by atoms with Gasteiger partial charge in [-0.1, -0.05) is 44.2 Å². The fourth-order valence-corrected chi connectivity index (χ4v) is 3.36. The number of fused-ring (bicyclic) bond motifs is 1. The number of carbonyl (C=O) groups is 1. The zero-order chi connectivity index (χ0) is 18.0. The predicted octanol–water partition coefficient (Wildman–Crippen LogP) is 3.95. The molecule has 25 heavy (non-hydrogen) atoms. The first-order valence-corrected chi connectivity index (χ1v) is 8.62. The van der Waals surface area contributed by atoms with Gasteiger partial charge in [-0.05, 0) is 29.8 Å². The topological polar surface area (TPSA) is 38.8 Å². The highest BCUT2D eigenvalue weighted by Gasteiger charge is 2.29. The van der Waals surface area contributed by atoms with Crippen LogP contribution < -0.4 is 4.74 Å². The predicted molar refractivity (Wildman–Crippen MR) is 98.4 cm³/mol. The van der Waals surface area contributed by atoms with E-state index in [1.807, 2.05) is 6.07 Å². The molecule has 2 unspecified atom stereocenters. The van der Waals surface area contributed by atoms with E-state index in [9.17, 15) is 4.79 Å². The van der Waals surface area contributed by atoms with Crippen molar-refractivity contribution >= 4 is 5.97 Å². The summed E-state index contributed by atoms with van der Waals surface area (Å²) in [6.07, 6.45) is 11.3. The molecule has 0 saturated carbocycles. The van der Waals surface area contributed by atoms with E-state index >= 15 is 0 Å². The van der Waals surface area contributed by atoms with Crippen LogP contribution in [0, 0.1) is 11.8 Å². The number of hydrogen-bond donors (Lipinski definition) is 0. The number of nitrogens with zero attached hydrogens (tertiary/aromatic N) is 1. The van der Waals surface area contributed by atoms with Crippen molar-refractivity contribution in [1.29, 1.82) is 0 Å². The number of hydrogen-bond acceptors (Lipinski definition) is 4. The lowest BCUT2D eigenvalue weighted by molar-refractivity contribution is 0.0600. The largest absolute Gasteiger partial charge is 0.496 e. The molecule has 4 heteroatoms. The third-order valence-corrected chi connectivity index (χ3v) is 4.88. The summed E-state index contributed by atoms with van der Waals surface area (Å²) in [4.78, 5) is 14.0. The number of allylic oxidation sites excluding steroid dienone is 2. The SMILES string of the molecule is COC(=O)c1ccc(CN2C=CC3C=CC(C(C)C)=CC32)c(OC)c1. The summed E-state index contributed by atoms with van der Waals surface area (Å²) in [5.41, 5.74) is 2.93. The van der Waals surface area contributed by atoms with E-state index < -0.39 is 0 Å². The Morgan fingerprint density at radius 2 is 2.04 bits per heavy atom. The van der Waals surface area contributed by atoms with Crippen LogP contribution in [0.4, 0.5) is 0 Å². The average Bonchev–Trinajstić information content (AvgIpc) is 3.03. The summed E-state index contributed by atoms with van der Waals surface area (Å²) in [6.45, 7) is 5.17. The van der Waals surface area contributed by atoms with Crippen LogP contribution in [0.2, 0.25) is 0 Å². The maximum atomic E-state index is 11.7. The molecule has 1 aliphatic heterocycles. The van der Waals surface area contributed by atoms with E-state index in [-0.39, 0.29) is 5.97 Å². The molecule has 4 nitrogen and oxygen atoms in total. The molecule has 1 aromatic carbocycles. The molecule has 1 aliphatic carbocycles. The molecule has 1 heterocycles. The molecular weight excluding hydrogens is 314 g/mol. The fraction of sp³-hybridized carbons (Fsp3) is 0.381. The van der Waals surface area contributed by atoms with Gasteiger partial charge < -0.3 is 14.4 Å². The normalized spacial score (nSPS) is 21.3. The second-order valence-electron chi connectivity index (χ2n) is 6.78. The lowest BCUT2D eigenvalue weighted by Gasteiger charge is -2.30. The molecule has 132 valence electrons. The lowest BCUT2D eigenvalue weighted by atomic mass is 9.88. The minimum absolute atomic E-state index is 0.340. The molecule has 1 aromatic rings. The van der Waals surface area contributed by atoms with Gasteiger partial charge in [0.05, 0.1) is 25.8 Å². The van der Waals surface area contributed by atoms with Crippen molar-refractivity contribution in [1.82, 2.24) is 4.90 Å². The number of ether oxygens (including phenoxy) is 2. The van der Waals surface area contributed by atoms with Gasteiger partial charge in [0.25, 0.3) is 0 Å². The maximum absolute atomic E-state index is 11.7. The van der Waals surface area contributed by atoms with Crippen molar-refractivity contribution in [3.8, 4) is 5.75 Å². The maximum Gasteiger partial charge on any atom is 0.337 e. The van der Waals surface area contributed by atoms with Crippen LogP contribution in [0.25, 0.3) is 0 Å². The smallest absolute Gasteiger partial charge is 0.337 e. The van der Waals surface area contributed by atoms with Crippen LogP contribution in [0.1, 0.15) is 29.8 Å². The number of carbonyl (C=O) groups excluding carboxylic acids is 1. The summed E-state index contributed by atoms with van der Waals surface area (Å²) in [7, 11) is 3.01. The van der Waals surface area contributed by atoms with Gasteiger partial charge in [0.2, 0.25) is 0 Å². The van der Waals surface area contributed by atoms with E-state index in [2.05, 4.69) is 49.3 Å². The quantitative estimate of drug-likeness (QED) is 0.762. The number of methoxy groups -OCH3 is 2. The van der Waals surface area contributed by atoms with E-state index in [1.54, 1.807) is 19.2 Å². The Labute approximate surface area is 149 Å². The van der Waals surface area contributed by atoms with Gasteiger partial charge in [0.1, 0.15) is 5.75 Å². The lowest BCUT2D eigenvalue weighted by Crippen LogP contribution is -2.31. The minimum Gasteiger partial charge on any atom is -0.496 e. The molecular formula is C21H25NO3.